The number of benzene rings is 1. The molecule has 4 heteroatoms. The van der Waals surface area contributed by atoms with Crippen LogP contribution >= 0.6 is 0 Å². The first-order valence-electron chi connectivity index (χ1n) is 7.72. The smallest absolute Gasteiger partial charge is 0.256 e. The maximum Gasteiger partial charge on any atom is 0.256 e. The molecular formula is C17H25N3O. The number of aromatic amines is 1. The third-order valence-corrected chi connectivity index (χ3v) is 3.82. The second-order valence-corrected chi connectivity index (χ2v) is 5.81. The number of carbonyl (C=O) groups excluding carboxylic acids is 1. The largest absolute Gasteiger partial charge is 0.399 e. The lowest BCUT2D eigenvalue weighted by Crippen LogP contribution is -2.37. The molecule has 0 spiro atoms. The van der Waals surface area contributed by atoms with Gasteiger partial charge in [-0.05, 0) is 38.5 Å². The van der Waals surface area contributed by atoms with Crippen molar-refractivity contribution in [2.45, 2.75) is 46.1 Å². The summed E-state index contributed by atoms with van der Waals surface area (Å²) in [5.41, 5.74) is 8.13. The minimum Gasteiger partial charge on any atom is -0.399 e. The topological polar surface area (TPSA) is 62.1 Å². The maximum absolute atomic E-state index is 12.8. The van der Waals surface area contributed by atoms with Crippen molar-refractivity contribution in [1.29, 1.82) is 0 Å². The third kappa shape index (κ3) is 3.38. The highest BCUT2D eigenvalue weighted by Gasteiger charge is 2.21. The van der Waals surface area contributed by atoms with E-state index < -0.39 is 0 Å². The molecule has 1 aromatic carbocycles. The molecule has 0 bridgehead atoms. The normalized spacial score (nSPS) is 11.2. The zero-order valence-electron chi connectivity index (χ0n) is 13.1. The average Bonchev–Trinajstić information content (AvgIpc) is 2.85. The van der Waals surface area contributed by atoms with E-state index in [0.717, 1.165) is 42.3 Å². The van der Waals surface area contributed by atoms with Gasteiger partial charge in [-0.3, -0.25) is 4.79 Å². The minimum absolute atomic E-state index is 0.0946. The van der Waals surface area contributed by atoms with Crippen LogP contribution < -0.4 is 5.73 Å². The Labute approximate surface area is 126 Å². The van der Waals surface area contributed by atoms with Gasteiger partial charge in [-0.1, -0.05) is 19.8 Å². The van der Waals surface area contributed by atoms with Crippen molar-refractivity contribution in [3.8, 4) is 0 Å². The summed E-state index contributed by atoms with van der Waals surface area (Å²) in [7, 11) is 0. The van der Waals surface area contributed by atoms with Gasteiger partial charge in [0, 0.05) is 35.4 Å². The minimum atomic E-state index is 0.0946. The Morgan fingerprint density at radius 1 is 1.33 bits per heavy atom. The van der Waals surface area contributed by atoms with Crippen molar-refractivity contribution in [3.05, 3.63) is 30.0 Å². The fourth-order valence-electron chi connectivity index (χ4n) is 2.60. The number of anilines is 1. The molecule has 0 fully saturated rings. The van der Waals surface area contributed by atoms with Crippen LogP contribution in [0.1, 0.15) is 50.4 Å². The van der Waals surface area contributed by atoms with Gasteiger partial charge < -0.3 is 15.6 Å². The molecule has 0 radical (unpaired) electrons. The van der Waals surface area contributed by atoms with E-state index in [1.165, 1.54) is 0 Å². The summed E-state index contributed by atoms with van der Waals surface area (Å²) in [5, 5.41) is 0.940. The maximum atomic E-state index is 12.8. The molecule has 0 saturated carbocycles. The summed E-state index contributed by atoms with van der Waals surface area (Å²) >= 11 is 0. The van der Waals surface area contributed by atoms with Crippen LogP contribution in [-0.4, -0.2) is 28.4 Å². The number of rotatable bonds is 6. The van der Waals surface area contributed by atoms with Crippen molar-refractivity contribution in [2.24, 2.45) is 0 Å². The molecule has 3 N–H and O–H groups in total. The van der Waals surface area contributed by atoms with Crippen molar-refractivity contribution >= 4 is 22.5 Å². The molecule has 0 unspecified atom stereocenters. The van der Waals surface area contributed by atoms with Gasteiger partial charge in [0.05, 0.1) is 5.56 Å². The van der Waals surface area contributed by atoms with Crippen LogP contribution in [0.15, 0.2) is 24.4 Å². The Bertz CT molecular complexity index is 616. The summed E-state index contributed by atoms with van der Waals surface area (Å²) in [6.45, 7) is 7.12. The predicted octanol–water partition coefficient (Wildman–Crippen LogP) is 3.79. The number of unbranched alkanes of at least 4 members (excludes halogenated alkanes) is 2. The molecular weight excluding hydrogens is 262 g/mol. The fraction of sp³-hybridized carbons (Fsp3) is 0.471. The number of nitrogens with two attached hydrogens (primary N) is 1. The first-order chi connectivity index (χ1) is 10.0. The number of amides is 1. The van der Waals surface area contributed by atoms with Crippen molar-refractivity contribution < 1.29 is 4.79 Å². The Balaban J connectivity index is 2.26. The summed E-state index contributed by atoms with van der Waals surface area (Å²) in [6.07, 6.45) is 5.16. The van der Waals surface area contributed by atoms with E-state index in [1.807, 2.05) is 23.1 Å². The number of carbonyl (C=O) groups is 1. The highest BCUT2D eigenvalue weighted by atomic mass is 16.2. The molecule has 2 aromatic rings. The zero-order valence-corrected chi connectivity index (χ0v) is 13.1. The Morgan fingerprint density at radius 2 is 2.10 bits per heavy atom. The number of hydrogen-bond acceptors (Lipinski definition) is 2. The third-order valence-electron chi connectivity index (χ3n) is 3.82. The molecule has 1 amide bonds. The monoisotopic (exact) mass is 287 g/mol. The van der Waals surface area contributed by atoms with Crippen LogP contribution in [0.5, 0.6) is 0 Å². The summed E-state index contributed by atoms with van der Waals surface area (Å²) in [4.78, 5) is 17.9. The lowest BCUT2D eigenvalue weighted by molar-refractivity contribution is 0.0704. The Kier molecular flexibility index (Phi) is 4.89. The first-order valence-corrected chi connectivity index (χ1v) is 7.72. The van der Waals surface area contributed by atoms with Gasteiger partial charge in [-0.25, -0.2) is 0 Å². The van der Waals surface area contributed by atoms with E-state index in [1.54, 1.807) is 6.20 Å². The zero-order chi connectivity index (χ0) is 15.4. The van der Waals surface area contributed by atoms with Gasteiger partial charge in [0.25, 0.3) is 5.91 Å². The van der Waals surface area contributed by atoms with Gasteiger partial charge in [0.2, 0.25) is 0 Å². The van der Waals surface area contributed by atoms with E-state index in [9.17, 15) is 4.79 Å². The van der Waals surface area contributed by atoms with Gasteiger partial charge in [-0.15, -0.1) is 0 Å². The van der Waals surface area contributed by atoms with Crippen LogP contribution in [0.25, 0.3) is 10.9 Å². The fourth-order valence-corrected chi connectivity index (χ4v) is 2.60. The van der Waals surface area contributed by atoms with Crippen molar-refractivity contribution in [1.82, 2.24) is 9.88 Å². The number of hydrogen-bond donors (Lipinski definition) is 2. The number of nitrogens with one attached hydrogen (secondary N) is 1. The molecule has 0 atom stereocenters. The van der Waals surface area contributed by atoms with Crippen LogP contribution in [0.4, 0.5) is 5.69 Å². The standard InChI is InChI=1S/C17H25N3O/c1-4-5-6-9-20(12(2)3)17(21)15-11-19-16-10-13(18)7-8-14(15)16/h7-8,10-12,19H,4-6,9,18H2,1-3H3. The quantitative estimate of drug-likeness (QED) is 0.627. The van der Waals surface area contributed by atoms with E-state index in [-0.39, 0.29) is 11.9 Å². The van der Waals surface area contributed by atoms with Gasteiger partial charge in [-0.2, -0.15) is 0 Å². The van der Waals surface area contributed by atoms with Gasteiger partial charge in [0.15, 0.2) is 0 Å². The van der Waals surface area contributed by atoms with E-state index >= 15 is 0 Å². The molecule has 0 aliphatic carbocycles. The number of fused-ring (bicyclic) bond motifs is 1. The predicted molar refractivity (Wildman–Crippen MR) is 88.4 cm³/mol. The number of H-pyrrole nitrogens is 1. The number of nitrogen functional groups attached to an aromatic ring is 1. The second kappa shape index (κ2) is 6.66. The lowest BCUT2D eigenvalue weighted by atomic mass is 10.1. The molecule has 2 rings (SSSR count). The highest BCUT2D eigenvalue weighted by molar-refractivity contribution is 6.07. The molecule has 21 heavy (non-hydrogen) atoms. The van der Waals surface area contributed by atoms with E-state index in [2.05, 4.69) is 25.8 Å². The van der Waals surface area contributed by atoms with Crippen molar-refractivity contribution in [2.75, 3.05) is 12.3 Å². The molecule has 114 valence electrons. The van der Waals surface area contributed by atoms with Crippen LogP contribution in [0.2, 0.25) is 0 Å². The SMILES string of the molecule is CCCCCN(C(=O)c1c[nH]c2cc(N)ccc12)C(C)C. The number of aromatic nitrogens is 1. The average molecular weight is 287 g/mol. The first kappa shape index (κ1) is 15.4. The van der Waals surface area contributed by atoms with E-state index in [4.69, 9.17) is 5.73 Å². The molecule has 1 aromatic heterocycles. The summed E-state index contributed by atoms with van der Waals surface area (Å²) in [5.74, 6) is 0.0946. The Hall–Kier alpha value is -1.97. The van der Waals surface area contributed by atoms with Crippen LogP contribution in [0, 0.1) is 0 Å². The molecule has 0 saturated heterocycles. The van der Waals surface area contributed by atoms with Gasteiger partial charge >= 0.3 is 0 Å². The molecule has 1 heterocycles. The Morgan fingerprint density at radius 3 is 2.76 bits per heavy atom. The van der Waals surface area contributed by atoms with Crippen LogP contribution in [0.3, 0.4) is 0 Å². The van der Waals surface area contributed by atoms with Crippen molar-refractivity contribution in [3.63, 3.8) is 0 Å². The van der Waals surface area contributed by atoms with Gasteiger partial charge in [0.1, 0.15) is 0 Å². The molecule has 0 aliphatic heterocycles. The summed E-state index contributed by atoms with van der Waals surface area (Å²) in [6, 6.07) is 5.82. The lowest BCUT2D eigenvalue weighted by Gasteiger charge is -2.26. The number of nitrogens with zero attached hydrogens (tertiary/aromatic N) is 1. The molecule has 4 nitrogen and oxygen atoms in total. The molecule has 0 aliphatic rings. The summed E-state index contributed by atoms with van der Waals surface area (Å²) < 4.78 is 0. The van der Waals surface area contributed by atoms with E-state index in [0.29, 0.717) is 5.69 Å². The van der Waals surface area contributed by atoms with Crippen LogP contribution in [-0.2, 0) is 0 Å². The second-order valence-electron chi connectivity index (χ2n) is 5.81. The highest BCUT2D eigenvalue weighted by Crippen LogP contribution is 2.23.